The summed E-state index contributed by atoms with van der Waals surface area (Å²) in [6.45, 7) is 6.67. The average Bonchev–Trinajstić information content (AvgIpc) is 2.76. The molecule has 1 unspecified atom stereocenters. The van der Waals surface area contributed by atoms with E-state index in [1.165, 1.54) is 16.9 Å². The molecular formula is C15H21NO2S. The minimum absolute atomic E-state index is 0.0974. The van der Waals surface area contributed by atoms with Crippen LogP contribution in [0.5, 0.6) is 0 Å². The van der Waals surface area contributed by atoms with Gasteiger partial charge < -0.3 is 10.1 Å². The van der Waals surface area contributed by atoms with Crippen LogP contribution in [0, 0.1) is 11.3 Å². The third kappa shape index (κ3) is 2.56. The standard InChI is InChI=1S/C15H21NO2S/c1-10-3-4-11-12(6-19-13(11)5-10)14(17)16-7-15(2)8-18-9-15/h6,10H,3-5,7-9H2,1-2H3,(H,16,17). The van der Waals surface area contributed by atoms with Crippen molar-refractivity contribution in [3.05, 3.63) is 21.4 Å². The van der Waals surface area contributed by atoms with E-state index in [0.717, 1.165) is 37.5 Å². The summed E-state index contributed by atoms with van der Waals surface area (Å²) in [5.74, 6) is 0.855. The van der Waals surface area contributed by atoms with Crippen LogP contribution < -0.4 is 5.32 Å². The Hall–Kier alpha value is -0.870. The number of rotatable bonds is 3. The van der Waals surface area contributed by atoms with Gasteiger partial charge in [-0.05, 0) is 30.7 Å². The van der Waals surface area contributed by atoms with Crippen molar-refractivity contribution in [2.45, 2.75) is 33.1 Å². The quantitative estimate of drug-likeness (QED) is 0.923. The highest BCUT2D eigenvalue weighted by Crippen LogP contribution is 2.33. The molecule has 1 saturated heterocycles. The van der Waals surface area contributed by atoms with Gasteiger partial charge in [0.2, 0.25) is 0 Å². The number of thiophene rings is 1. The van der Waals surface area contributed by atoms with Crippen molar-refractivity contribution in [2.75, 3.05) is 19.8 Å². The highest BCUT2D eigenvalue weighted by atomic mass is 32.1. The molecule has 1 aliphatic heterocycles. The number of ether oxygens (including phenoxy) is 1. The number of nitrogens with one attached hydrogen (secondary N) is 1. The predicted molar refractivity (Wildman–Crippen MR) is 76.8 cm³/mol. The Morgan fingerprint density at radius 1 is 1.58 bits per heavy atom. The van der Waals surface area contributed by atoms with Gasteiger partial charge in [0, 0.05) is 22.2 Å². The van der Waals surface area contributed by atoms with Crippen molar-refractivity contribution >= 4 is 17.2 Å². The predicted octanol–water partition coefficient (Wildman–Crippen LogP) is 2.64. The molecule has 0 spiro atoms. The molecule has 19 heavy (non-hydrogen) atoms. The molecule has 2 heterocycles. The van der Waals surface area contributed by atoms with Crippen molar-refractivity contribution in [1.82, 2.24) is 5.32 Å². The Balaban J connectivity index is 1.67. The lowest BCUT2D eigenvalue weighted by Crippen LogP contribution is -2.48. The van der Waals surface area contributed by atoms with E-state index in [4.69, 9.17) is 4.74 Å². The Bertz CT molecular complexity index is 490. The van der Waals surface area contributed by atoms with Crippen LogP contribution >= 0.6 is 11.3 Å². The van der Waals surface area contributed by atoms with Crippen LogP contribution in [0.25, 0.3) is 0 Å². The monoisotopic (exact) mass is 279 g/mol. The first-order valence-electron chi connectivity index (χ1n) is 7.03. The second-order valence-electron chi connectivity index (χ2n) is 6.39. The Morgan fingerprint density at radius 3 is 3.05 bits per heavy atom. The maximum Gasteiger partial charge on any atom is 0.252 e. The zero-order valence-electron chi connectivity index (χ0n) is 11.6. The molecule has 0 aromatic carbocycles. The molecule has 2 aliphatic rings. The number of fused-ring (bicyclic) bond motifs is 1. The van der Waals surface area contributed by atoms with Gasteiger partial charge >= 0.3 is 0 Å². The first-order chi connectivity index (χ1) is 9.07. The number of hydrogen-bond acceptors (Lipinski definition) is 3. The summed E-state index contributed by atoms with van der Waals surface area (Å²) in [6, 6.07) is 0. The van der Waals surface area contributed by atoms with Gasteiger partial charge in [0.25, 0.3) is 5.91 Å². The molecule has 1 amide bonds. The van der Waals surface area contributed by atoms with Crippen molar-refractivity contribution in [2.24, 2.45) is 11.3 Å². The van der Waals surface area contributed by atoms with Crippen molar-refractivity contribution in [3.63, 3.8) is 0 Å². The van der Waals surface area contributed by atoms with E-state index in [9.17, 15) is 4.79 Å². The Labute approximate surface area is 118 Å². The lowest BCUT2D eigenvalue weighted by atomic mass is 9.87. The fourth-order valence-corrected chi connectivity index (χ4v) is 4.05. The average molecular weight is 279 g/mol. The fourth-order valence-electron chi connectivity index (χ4n) is 2.81. The highest BCUT2D eigenvalue weighted by molar-refractivity contribution is 7.10. The SMILES string of the molecule is CC1CCc2c(C(=O)NCC3(C)COC3)csc2C1. The number of carbonyl (C=O) groups is 1. The van der Waals surface area contributed by atoms with E-state index in [1.54, 1.807) is 11.3 Å². The molecule has 4 heteroatoms. The summed E-state index contributed by atoms with van der Waals surface area (Å²) in [7, 11) is 0. The molecule has 104 valence electrons. The van der Waals surface area contributed by atoms with Gasteiger partial charge in [-0.25, -0.2) is 0 Å². The number of hydrogen-bond donors (Lipinski definition) is 1. The molecule has 3 nitrogen and oxygen atoms in total. The third-order valence-electron chi connectivity index (χ3n) is 4.22. The van der Waals surface area contributed by atoms with Crippen LogP contribution in [0.15, 0.2) is 5.38 Å². The van der Waals surface area contributed by atoms with Crippen LogP contribution in [-0.2, 0) is 17.6 Å². The zero-order chi connectivity index (χ0) is 13.5. The van der Waals surface area contributed by atoms with Gasteiger partial charge in [-0.2, -0.15) is 0 Å². The topological polar surface area (TPSA) is 38.3 Å². The molecule has 1 N–H and O–H groups in total. The molecular weight excluding hydrogens is 258 g/mol. The lowest BCUT2D eigenvalue weighted by molar-refractivity contribution is -0.0978. The summed E-state index contributed by atoms with van der Waals surface area (Å²) >= 11 is 1.75. The molecule has 0 bridgehead atoms. The lowest BCUT2D eigenvalue weighted by Gasteiger charge is -2.38. The first kappa shape index (κ1) is 13.1. The first-order valence-corrected chi connectivity index (χ1v) is 7.90. The van der Waals surface area contributed by atoms with E-state index >= 15 is 0 Å². The molecule has 0 radical (unpaired) electrons. The van der Waals surface area contributed by atoms with E-state index in [2.05, 4.69) is 19.2 Å². The van der Waals surface area contributed by atoms with Crippen LogP contribution in [0.3, 0.4) is 0 Å². The van der Waals surface area contributed by atoms with E-state index in [1.807, 2.05) is 5.38 Å². The molecule has 1 atom stereocenters. The van der Waals surface area contributed by atoms with Crippen molar-refractivity contribution in [3.8, 4) is 0 Å². The van der Waals surface area contributed by atoms with E-state index in [0.29, 0.717) is 6.54 Å². The molecule has 1 aromatic heterocycles. The minimum Gasteiger partial charge on any atom is -0.380 e. The summed E-state index contributed by atoms with van der Waals surface area (Å²) in [5, 5.41) is 5.12. The van der Waals surface area contributed by atoms with Gasteiger partial charge in [-0.1, -0.05) is 13.8 Å². The van der Waals surface area contributed by atoms with Crippen LogP contribution in [-0.4, -0.2) is 25.7 Å². The summed E-state index contributed by atoms with van der Waals surface area (Å²) in [4.78, 5) is 13.7. The highest BCUT2D eigenvalue weighted by Gasteiger charge is 2.34. The Morgan fingerprint density at radius 2 is 2.37 bits per heavy atom. The fraction of sp³-hybridized carbons (Fsp3) is 0.667. The maximum atomic E-state index is 12.3. The number of amides is 1. The van der Waals surface area contributed by atoms with Gasteiger partial charge in [0.1, 0.15) is 0 Å². The van der Waals surface area contributed by atoms with Gasteiger partial charge in [-0.3, -0.25) is 4.79 Å². The minimum atomic E-state index is 0.0974. The van der Waals surface area contributed by atoms with Crippen LogP contribution in [0.1, 0.15) is 41.1 Å². The van der Waals surface area contributed by atoms with Crippen molar-refractivity contribution < 1.29 is 9.53 Å². The maximum absolute atomic E-state index is 12.3. The van der Waals surface area contributed by atoms with Gasteiger partial charge in [0.15, 0.2) is 0 Å². The smallest absolute Gasteiger partial charge is 0.252 e. The Kier molecular flexibility index (Phi) is 3.39. The summed E-state index contributed by atoms with van der Waals surface area (Å²) in [5.41, 5.74) is 2.35. The normalized spacial score (nSPS) is 24.4. The molecule has 1 fully saturated rings. The van der Waals surface area contributed by atoms with Crippen molar-refractivity contribution in [1.29, 1.82) is 0 Å². The molecule has 1 aromatic rings. The second kappa shape index (κ2) is 4.91. The second-order valence-corrected chi connectivity index (χ2v) is 7.35. The molecule has 0 saturated carbocycles. The molecule has 1 aliphatic carbocycles. The van der Waals surface area contributed by atoms with Crippen LogP contribution in [0.4, 0.5) is 0 Å². The third-order valence-corrected chi connectivity index (χ3v) is 5.27. The largest absolute Gasteiger partial charge is 0.380 e. The zero-order valence-corrected chi connectivity index (χ0v) is 12.4. The van der Waals surface area contributed by atoms with E-state index < -0.39 is 0 Å². The summed E-state index contributed by atoms with van der Waals surface area (Å²) in [6.07, 6.45) is 3.40. The summed E-state index contributed by atoms with van der Waals surface area (Å²) < 4.78 is 5.21. The van der Waals surface area contributed by atoms with E-state index in [-0.39, 0.29) is 11.3 Å². The van der Waals surface area contributed by atoms with Crippen LogP contribution in [0.2, 0.25) is 0 Å². The van der Waals surface area contributed by atoms with Gasteiger partial charge in [-0.15, -0.1) is 11.3 Å². The molecule has 3 rings (SSSR count). The number of carbonyl (C=O) groups excluding carboxylic acids is 1. The van der Waals surface area contributed by atoms with Gasteiger partial charge in [0.05, 0.1) is 18.8 Å².